The molecule has 6 nitrogen and oxygen atoms in total. The third-order valence-corrected chi connectivity index (χ3v) is 5.74. The van der Waals surface area contributed by atoms with E-state index < -0.39 is 0 Å². The van der Waals surface area contributed by atoms with E-state index in [0.717, 1.165) is 33.8 Å². The fourth-order valence-electron chi connectivity index (χ4n) is 3.84. The second kappa shape index (κ2) is 9.69. The Labute approximate surface area is 194 Å². The van der Waals surface area contributed by atoms with Crippen molar-refractivity contribution in [1.82, 2.24) is 19.7 Å². The zero-order chi connectivity index (χ0) is 23.4. The third kappa shape index (κ3) is 4.95. The molecule has 0 saturated heterocycles. The molecule has 0 N–H and O–H groups in total. The third-order valence-electron chi connectivity index (χ3n) is 5.74. The van der Waals surface area contributed by atoms with Crippen LogP contribution in [0.4, 0.5) is 0 Å². The van der Waals surface area contributed by atoms with E-state index in [9.17, 15) is 4.79 Å². The van der Waals surface area contributed by atoms with Crippen LogP contribution in [-0.4, -0.2) is 32.6 Å². The Kier molecular flexibility index (Phi) is 6.54. The molecule has 0 bridgehead atoms. The minimum atomic E-state index is -0.0655. The van der Waals surface area contributed by atoms with Gasteiger partial charge in [0, 0.05) is 48.4 Å². The van der Waals surface area contributed by atoms with Crippen molar-refractivity contribution in [1.29, 1.82) is 0 Å². The van der Waals surface area contributed by atoms with E-state index in [1.807, 2.05) is 68.0 Å². The Balaban J connectivity index is 1.49. The van der Waals surface area contributed by atoms with Gasteiger partial charge in [0.15, 0.2) is 0 Å². The molecule has 4 rings (SSSR count). The van der Waals surface area contributed by atoms with Crippen LogP contribution in [0, 0.1) is 20.8 Å². The van der Waals surface area contributed by atoms with E-state index in [0.29, 0.717) is 24.5 Å². The SMILES string of the molecule is Cc1ccccc1-n1nc(C)c(CN(C)C(=O)c2cccc(OCc3cccnc3)c2)c1C. The lowest BCUT2D eigenvalue weighted by atomic mass is 10.1. The van der Waals surface area contributed by atoms with E-state index >= 15 is 0 Å². The van der Waals surface area contributed by atoms with Crippen molar-refractivity contribution in [2.75, 3.05) is 7.05 Å². The molecule has 0 radical (unpaired) electrons. The first kappa shape index (κ1) is 22.3. The molecule has 0 spiro atoms. The standard InChI is InChI=1S/C27H28N4O2/c1-19-9-5-6-13-26(19)31-21(3)25(20(2)29-31)17-30(4)27(32)23-11-7-12-24(15-23)33-18-22-10-8-14-28-16-22/h5-16H,17-18H2,1-4H3. The highest BCUT2D eigenvalue weighted by Gasteiger charge is 2.19. The largest absolute Gasteiger partial charge is 0.489 e. The number of hydrogen-bond donors (Lipinski definition) is 0. The predicted octanol–water partition coefficient (Wildman–Crippen LogP) is 5.04. The average Bonchev–Trinajstić information content (AvgIpc) is 3.11. The number of amides is 1. The number of hydrogen-bond acceptors (Lipinski definition) is 4. The smallest absolute Gasteiger partial charge is 0.254 e. The summed E-state index contributed by atoms with van der Waals surface area (Å²) in [5, 5.41) is 4.75. The summed E-state index contributed by atoms with van der Waals surface area (Å²) < 4.78 is 7.82. The highest BCUT2D eigenvalue weighted by atomic mass is 16.5. The van der Waals surface area contributed by atoms with Gasteiger partial charge in [0.05, 0.1) is 11.4 Å². The molecule has 2 aromatic carbocycles. The first-order chi connectivity index (χ1) is 15.9. The molecule has 0 fully saturated rings. The summed E-state index contributed by atoms with van der Waals surface area (Å²) >= 11 is 0. The predicted molar refractivity (Wildman–Crippen MR) is 129 cm³/mol. The van der Waals surface area contributed by atoms with Gasteiger partial charge in [-0.1, -0.05) is 30.3 Å². The maximum absolute atomic E-state index is 13.2. The highest BCUT2D eigenvalue weighted by molar-refractivity contribution is 5.94. The quantitative estimate of drug-likeness (QED) is 0.404. The van der Waals surface area contributed by atoms with E-state index in [-0.39, 0.29) is 5.91 Å². The summed E-state index contributed by atoms with van der Waals surface area (Å²) in [7, 11) is 1.81. The summed E-state index contributed by atoms with van der Waals surface area (Å²) in [6.45, 7) is 6.99. The number of benzene rings is 2. The van der Waals surface area contributed by atoms with E-state index in [1.54, 1.807) is 23.4 Å². The number of ether oxygens (including phenoxy) is 1. The van der Waals surface area contributed by atoms with Crippen LogP contribution >= 0.6 is 0 Å². The minimum absolute atomic E-state index is 0.0655. The van der Waals surface area contributed by atoms with Crippen LogP contribution in [0.5, 0.6) is 5.75 Å². The Bertz CT molecular complexity index is 1260. The van der Waals surface area contributed by atoms with Gasteiger partial charge in [0.1, 0.15) is 12.4 Å². The maximum Gasteiger partial charge on any atom is 0.254 e. The van der Waals surface area contributed by atoms with Gasteiger partial charge in [0.25, 0.3) is 5.91 Å². The Morgan fingerprint density at radius 3 is 2.61 bits per heavy atom. The lowest BCUT2D eigenvalue weighted by molar-refractivity contribution is 0.0784. The maximum atomic E-state index is 13.2. The van der Waals surface area contributed by atoms with Crippen molar-refractivity contribution in [2.45, 2.75) is 33.9 Å². The number of aryl methyl sites for hydroxylation is 2. The number of pyridine rings is 1. The molecule has 4 aromatic rings. The molecule has 0 saturated carbocycles. The van der Waals surface area contributed by atoms with Gasteiger partial charge in [-0.05, 0) is 56.7 Å². The van der Waals surface area contributed by atoms with Crippen LogP contribution < -0.4 is 4.74 Å². The van der Waals surface area contributed by atoms with Crippen LogP contribution in [0.1, 0.15) is 38.4 Å². The average molecular weight is 441 g/mol. The fourth-order valence-corrected chi connectivity index (χ4v) is 3.84. The molecule has 0 atom stereocenters. The molecule has 33 heavy (non-hydrogen) atoms. The monoisotopic (exact) mass is 440 g/mol. The van der Waals surface area contributed by atoms with E-state index in [2.05, 4.69) is 24.0 Å². The highest BCUT2D eigenvalue weighted by Crippen LogP contribution is 2.23. The molecule has 1 amide bonds. The molecule has 2 heterocycles. The van der Waals surface area contributed by atoms with Crippen molar-refractivity contribution < 1.29 is 9.53 Å². The number of para-hydroxylation sites is 1. The number of carbonyl (C=O) groups is 1. The molecular formula is C27H28N4O2. The van der Waals surface area contributed by atoms with Gasteiger partial charge in [-0.15, -0.1) is 0 Å². The summed E-state index contributed by atoms with van der Waals surface area (Å²) in [6, 6.07) is 19.3. The van der Waals surface area contributed by atoms with Crippen LogP contribution in [0.2, 0.25) is 0 Å². The number of aromatic nitrogens is 3. The molecule has 6 heteroatoms. The fraction of sp³-hybridized carbons (Fsp3) is 0.222. The topological polar surface area (TPSA) is 60.2 Å². The summed E-state index contributed by atoms with van der Waals surface area (Å²) in [5.41, 5.74) is 6.78. The summed E-state index contributed by atoms with van der Waals surface area (Å²) in [4.78, 5) is 19.0. The van der Waals surface area contributed by atoms with Crippen LogP contribution in [0.3, 0.4) is 0 Å². The van der Waals surface area contributed by atoms with E-state index in [4.69, 9.17) is 9.84 Å². The molecule has 0 aliphatic heterocycles. The van der Waals surface area contributed by atoms with Gasteiger partial charge >= 0.3 is 0 Å². The van der Waals surface area contributed by atoms with Crippen molar-refractivity contribution in [3.63, 3.8) is 0 Å². The zero-order valence-electron chi connectivity index (χ0n) is 19.4. The molecular weight excluding hydrogens is 412 g/mol. The van der Waals surface area contributed by atoms with E-state index in [1.165, 1.54) is 0 Å². The van der Waals surface area contributed by atoms with Gasteiger partial charge in [-0.3, -0.25) is 9.78 Å². The first-order valence-corrected chi connectivity index (χ1v) is 10.9. The minimum Gasteiger partial charge on any atom is -0.489 e. The lowest BCUT2D eigenvalue weighted by Gasteiger charge is -2.18. The van der Waals surface area contributed by atoms with Crippen molar-refractivity contribution in [3.8, 4) is 11.4 Å². The zero-order valence-corrected chi connectivity index (χ0v) is 19.4. The summed E-state index contributed by atoms with van der Waals surface area (Å²) in [5.74, 6) is 0.585. The summed E-state index contributed by atoms with van der Waals surface area (Å²) in [6.07, 6.45) is 3.50. The Hall–Kier alpha value is -3.93. The van der Waals surface area contributed by atoms with Crippen molar-refractivity contribution >= 4 is 5.91 Å². The molecule has 2 aromatic heterocycles. The second-order valence-electron chi connectivity index (χ2n) is 8.19. The normalized spacial score (nSPS) is 10.8. The van der Waals surface area contributed by atoms with Gasteiger partial charge < -0.3 is 9.64 Å². The molecule has 0 aliphatic carbocycles. The Morgan fingerprint density at radius 2 is 1.85 bits per heavy atom. The number of rotatable bonds is 7. The van der Waals surface area contributed by atoms with Crippen molar-refractivity contribution in [2.24, 2.45) is 0 Å². The molecule has 0 unspecified atom stereocenters. The Morgan fingerprint density at radius 1 is 1.03 bits per heavy atom. The lowest BCUT2D eigenvalue weighted by Crippen LogP contribution is -2.26. The van der Waals surface area contributed by atoms with Gasteiger partial charge in [-0.25, -0.2) is 4.68 Å². The second-order valence-corrected chi connectivity index (χ2v) is 8.19. The number of carbonyl (C=O) groups excluding carboxylic acids is 1. The molecule has 0 aliphatic rings. The van der Waals surface area contributed by atoms with Gasteiger partial charge in [-0.2, -0.15) is 5.10 Å². The van der Waals surface area contributed by atoms with Crippen LogP contribution in [0.15, 0.2) is 73.1 Å². The van der Waals surface area contributed by atoms with Crippen LogP contribution in [0.25, 0.3) is 5.69 Å². The van der Waals surface area contributed by atoms with Crippen LogP contribution in [-0.2, 0) is 13.2 Å². The van der Waals surface area contributed by atoms with Gasteiger partial charge in [0.2, 0.25) is 0 Å². The molecule has 168 valence electrons. The number of nitrogens with zero attached hydrogens (tertiary/aromatic N) is 4. The van der Waals surface area contributed by atoms with Crippen molar-refractivity contribution in [3.05, 3.63) is 107 Å². The first-order valence-electron chi connectivity index (χ1n) is 10.9.